The summed E-state index contributed by atoms with van der Waals surface area (Å²) in [6.07, 6.45) is 7.90. The lowest BCUT2D eigenvalue weighted by molar-refractivity contribution is 0.530. The van der Waals surface area contributed by atoms with Crippen LogP contribution in [0.15, 0.2) is 11.8 Å². The van der Waals surface area contributed by atoms with E-state index in [4.69, 9.17) is 0 Å². The zero-order valence-corrected chi connectivity index (χ0v) is 5.69. The first-order valence-corrected chi connectivity index (χ1v) is 3.91. The van der Waals surface area contributed by atoms with E-state index in [2.05, 4.69) is 11.4 Å². The van der Waals surface area contributed by atoms with Gasteiger partial charge in [0.05, 0.1) is 0 Å². The minimum Gasteiger partial charge on any atom is -0.388 e. The van der Waals surface area contributed by atoms with Crippen LogP contribution in [0.2, 0.25) is 0 Å². The third-order valence-corrected chi connectivity index (χ3v) is 2.38. The predicted octanol–water partition coefficient (Wildman–Crippen LogP) is 1.66. The maximum Gasteiger partial charge on any atom is 0.0150 e. The second-order valence-electron chi connectivity index (χ2n) is 3.00. The van der Waals surface area contributed by atoms with Crippen molar-refractivity contribution in [2.24, 2.45) is 5.92 Å². The van der Waals surface area contributed by atoms with Gasteiger partial charge in [0, 0.05) is 12.2 Å². The molecule has 0 aromatic carbocycles. The Labute approximate surface area is 56.1 Å². The van der Waals surface area contributed by atoms with Gasteiger partial charge in [0.15, 0.2) is 0 Å². The molecule has 0 radical (unpaired) electrons. The van der Waals surface area contributed by atoms with Crippen LogP contribution in [-0.2, 0) is 0 Å². The first kappa shape index (κ1) is 5.33. The van der Waals surface area contributed by atoms with Crippen molar-refractivity contribution in [2.45, 2.75) is 25.7 Å². The molecule has 0 aromatic rings. The van der Waals surface area contributed by atoms with E-state index in [0.717, 1.165) is 5.92 Å². The maximum absolute atomic E-state index is 3.42. The molecule has 1 heteroatoms. The van der Waals surface area contributed by atoms with Crippen LogP contribution in [0.5, 0.6) is 0 Å². The van der Waals surface area contributed by atoms with Gasteiger partial charge in [-0.15, -0.1) is 0 Å². The van der Waals surface area contributed by atoms with Gasteiger partial charge in [0.25, 0.3) is 0 Å². The Bertz CT molecular complexity index is 138. The number of hydrogen-bond acceptors (Lipinski definition) is 1. The Balaban J connectivity index is 2.16. The molecule has 0 saturated carbocycles. The molecule has 1 heterocycles. The standard InChI is InChI=1S/C8H13N/c1-2-4-8-7(3-1)5-6-9-8/h4,7,9H,1-3,5-6H2. The summed E-state index contributed by atoms with van der Waals surface area (Å²) in [6, 6.07) is 0. The van der Waals surface area contributed by atoms with Gasteiger partial charge in [0.1, 0.15) is 0 Å². The van der Waals surface area contributed by atoms with E-state index in [1.807, 2.05) is 0 Å². The summed E-state index contributed by atoms with van der Waals surface area (Å²) >= 11 is 0. The van der Waals surface area contributed by atoms with Crippen molar-refractivity contribution in [3.63, 3.8) is 0 Å². The van der Waals surface area contributed by atoms with Crippen molar-refractivity contribution < 1.29 is 0 Å². The van der Waals surface area contributed by atoms with Crippen molar-refractivity contribution in [3.8, 4) is 0 Å². The second-order valence-corrected chi connectivity index (χ2v) is 3.00. The fourth-order valence-corrected chi connectivity index (χ4v) is 1.85. The van der Waals surface area contributed by atoms with Crippen LogP contribution in [0.1, 0.15) is 25.7 Å². The molecule has 1 unspecified atom stereocenters. The molecule has 1 aliphatic carbocycles. The molecule has 1 nitrogen and oxygen atoms in total. The quantitative estimate of drug-likeness (QED) is 0.516. The van der Waals surface area contributed by atoms with E-state index in [1.165, 1.54) is 32.2 Å². The maximum atomic E-state index is 3.42. The third-order valence-electron chi connectivity index (χ3n) is 2.38. The predicted molar refractivity (Wildman–Crippen MR) is 38.0 cm³/mol. The van der Waals surface area contributed by atoms with Gasteiger partial charge < -0.3 is 5.32 Å². The van der Waals surface area contributed by atoms with Crippen LogP contribution in [0.4, 0.5) is 0 Å². The Morgan fingerprint density at radius 1 is 1.44 bits per heavy atom. The summed E-state index contributed by atoms with van der Waals surface area (Å²) in [7, 11) is 0. The van der Waals surface area contributed by atoms with Crippen molar-refractivity contribution >= 4 is 0 Å². The van der Waals surface area contributed by atoms with Gasteiger partial charge in [-0.1, -0.05) is 6.08 Å². The lowest BCUT2D eigenvalue weighted by Gasteiger charge is -2.15. The topological polar surface area (TPSA) is 12.0 Å². The summed E-state index contributed by atoms with van der Waals surface area (Å²) in [6.45, 7) is 1.22. The molecular weight excluding hydrogens is 110 g/mol. The molecule has 2 rings (SSSR count). The highest BCUT2D eigenvalue weighted by molar-refractivity contribution is 5.11. The van der Waals surface area contributed by atoms with Gasteiger partial charge in [-0.3, -0.25) is 0 Å². The molecule has 2 aliphatic rings. The van der Waals surface area contributed by atoms with Crippen molar-refractivity contribution in [2.75, 3.05) is 6.54 Å². The Morgan fingerprint density at radius 2 is 2.44 bits per heavy atom. The number of nitrogens with one attached hydrogen (secondary N) is 1. The number of hydrogen-bond donors (Lipinski definition) is 1. The highest BCUT2D eigenvalue weighted by Gasteiger charge is 2.21. The van der Waals surface area contributed by atoms with Gasteiger partial charge in [-0.05, 0) is 31.6 Å². The Kier molecular flexibility index (Phi) is 1.22. The molecule has 1 fully saturated rings. The molecule has 1 atom stereocenters. The molecule has 1 N–H and O–H groups in total. The fraction of sp³-hybridized carbons (Fsp3) is 0.750. The van der Waals surface area contributed by atoms with E-state index in [1.54, 1.807) is 5.70 Å². The minimum atomic E-state index is 0.916. The van der Waals surface area contributed by atoms with E-state index in [0.29, 0.717) is 0 Å². The average Bonchev–Trinajstić information content (AvgIpc) is 2.33. The first-order valence-electron chi connectivity index (χ1n) is 3.91. The van der Waals surface area contributed by atoms with Crippen LogP contribution in [0, 0.1) is 5.92 Å². The highest BCUT2D eigenvalue weighted by Crippen LogP contribution is 2.28. The summed E-state index contributed by atoms with van der Waals surface area (Å²) in [4.78, 5) is 0. The molecule has 0 spiro atoms. The smallest absolute Gasteiger partial charge is 0.0150 e. The fourth-order valence-electron chi connectivity index (χ4n) is 1.85. The first-order chi connectivity index (χ1) is 4.47. The normalized spacial score (nSPS) is 32.9. The molecule has 0 bridgehead atoms. The van der Waals surface area contributed by atoms with Crippen LogP contribution in [0.3, 0.4) is 0 Å². The van der Waals surface area contributed by atoms with E-state index in [-0.39, 0.29) is 0 Å². The molecule has 9 heavy (non-hydrogen) atoms. The van der Waals surface area contributed by atoms with Gasteiger partial charge >= 0.3 is 0 Å². The van der Waals surface area contributed by atoms with Gasteiger partial charge in [0.2, 0.25) is 0 Å². The molecule has 50 valence electrons. The van der Waals surface area contributed by atoms with Crippen LogP contribution in [-0.4, -0.2) is 6.54 Å². The lowest BCUT2D eigenvalue weighted by atomic mass is 9.93. The zero-order valence-electron chi connectivity index (χ0n) is 5.69. The molecular formula is C8H13N. The molecule has 0 aromatic heterocycles. The van der Waals surface area contributed by atoms with E-state index < -0.39 is 0 Å². The Hall–Kier alpha value is -0.460. The number of rotatable bonds is 0. The molecule has 0 amide bonds. The van der Waals surface area contributed by atoms with Crippen LogP contribution in [0.25, 0.3) is 0 Å². The average molecular weight is 123 g/mol. The van der Waals surface area contributed by atoms with Crippen molar-refractivity contribution in [3.05, 3.63) is 11.8 Å². The van der Waals surface area contributed by atoms with E-state index in [9.17, 15) is 0 Å². The highest BCUT2D eigenvalue weighted by atomic mass is 14.9. The second kappa shape index (κ2) is 2.05. The van der Waals surface area contributed by atoms with E-state index >= 15 is 0 Å². The SMILES string of the molecule is C1=C2NCCC2CCC1. The molecule has 1 saturated heterocycles. The lowest BCUT2D eigenvalue weighted by Crippen LogP contribution is -2.09. The summed E-state index contributed by atoms with van der Waals surface area (Å²) in [5, 5.41) is 3.42. The van der Waals surface area contributed by atoms with Gasteiger partial charge in [-0.25, -0.2) is 0 Å². The minimum absolute atomic E-state index is 0.916. The van der Waals surface area contributed by atoms with Crippen LogP contribution < -0.4 is 5.32 Å². The van der Waals surface area contributed by atoms with Crippen molar-refractivity contribution in [1.29, 1.82) is 0 Å². The number of allylic oxidation sites excluding steroid dienone is 2. The van der Waals surface area contributed by atoms with Crippen LogP contribution >= 0.6 is 0 Å². The van der Waals surface area contributed by atoms with Gasteiger partial charge in [-0.2, -0.15) is 0 Å². The summed E-state index contributed by atoms with van der Waals surface area (Å²) in [5.74, 6) is 0.916. The zero-order chi connectivity index (χ0) is 6.10. The van der Waals surface area contributed by atoms with Crippen molar-refractivity contribution in [1.82, 2.24) is 5.32 Å². The Morgan fingerprint density at radius 3 is 3.33 bits per heavy atom. The number of fused-ring (bicyclic) bond motifs is 1. The molecule has 1 aliphatic heterocycles. The summed E-state index contributed by atoms with van der Waals surface area (Å²) in [5.41, 5.74) is 1.54. The monoisotopic (exact) mass is 123 g/mol. The largest absolute Gasteiger partial charge is 0.388 e. The third kappa shape index (κ3) is 0.846. The summed E-state index contributed by atoms with van der Waals surface area (Å²) < 4.78 is 0.